The number of hydrogen-bond donors (Lipinski definition) is 2. The van der Waals surface area contributed by atoms with E-state index in [1.54, 1.807) is 24.5 Å². The fraction of sp³-hybridized carbons (Fsp3) is 0.261. The number of nitrogen functional groups attached to an aromatic ring is 1. The van der Waals surface area contributed by atoms with E-state index in [1.807, 2.05) is 50.2 Å². The molecule has 0 aliphatic rings. The van der Waals surface area contributed by atoms with Crippen molar-refractivity contribution in [3.63, 3.8) is 0 Å². The smallest absolute Gasteiger partial charge is 0.257 e. The zero-order valence-electron chi connectivity index (χ0n) is 17.7. The summed E-state index contributed by atoms with van der Waals surface area (Å²) in [5, 5.41) is 7.17. The van der Waals surface area contributed by atoms with E-state index in [0.29, 0.717) is 30.6 Å². The Bertz CT molecular complexity index is 1030. The standard InChI is InChI=1S/C23H27N5O3/c1-3-30-21-13-19(14-26-28-15-17(2)27-23(28)24)9-10-20(21)31-16-22(29)25-12-11-18-7-5-4-6-8-18/h4-10,13-15H,3,11-12,16H2,1-2H3,(H2,24,27)(H,25,29). The fourth-order valence-corrected chi connectivity index (χ4v) is 2.90. The maximum absolute atomic E-state index is 12.1. The summed E-state index contributed by atoms with van der Waals surface area (Å²) in [6.45, 7) is 4.66. The first-order valence-corrected chi connectivity index (χ1v) is 10.1. The largest absolute Gasteiger partial charge is 0.490 e. The second-order valence-corrected chi connectivity index (χ2v) is 6.84. The van der Waals surface area contributed by atoms with Crippen LogP contribution in [0.1, 0.15) is 23.7 Å². The van der Waals surface area contributed by atoms with Gasteiger partial charge in [-0.25, -0.2) is 9.66 Å². The van der Waals surface area contributed by atoms with Crippen molar-refractivity contribution in [1.82, 2.24) is 15.0 Å². The van der Waals surface area contributed by atoms with Crippen LogP contribution in [0, 0.1) is 6.92 Å². The molecular weight excluding hydrogens is 394 g/mol. The molecule has 3 N–H and O–H groups in total. The van der Waals surface area contributed by atoms with Crippen LogP contribution in [0.25, 0.3) is 0 Å². The van der Waals surface area contributed by atoms with E-state index in [1.165, 1.54) is 10.2 Å². The molecule has 0 fully saturated rings. The quantitative estimate of drug-likeness (QED) is 0.490. The number of nitrogens with one attached hydrogen (secondary N) is 1. The third-order valence-corrected chi connectivity index (χ3v) is 4.37. The summed E-state index contributed by atoms with van der Waals surface area (Å²) in [7, 11) is 0. The number of carbonyl (C=O) groups excluding carboxylic acids is 1. The SMILES string of the molecule is CCOc1cc(C=Nn2cc(C)nc2N)ccc1OCC(=O)NCCc1ccccc1. The zero-order valence-corrected chi connectivity index (χ0v) is 17.7. The number of imidazole rings is 1. The van der Waals surface area contributed by atoms with Crippen molar-refractivity contribution in [3.8, 4) is 11.5 Å². The molecule has 8 nitrogen and oxygen atoms in total. The van der Waals surface area contributed by atoms with Gasteiger partial charge < -0.3 is 20.5 Å². The lowest BCUT2D eigenvalue weighted by Crippen LogP contribution is -2.30. The van der Waals surface area contributed by atoms with Crippen LogP contribution in [-0.2, 0) is 11.2 Å². The number of amides is 1. The van der Waals surface area contributed by atoms with Crippen LogP contribution >= 0.6 is 0 Å². The van der Waals surface area contributed by atoms with E-state index in [9.17, 15) is 4.79 Å². The summed E-state index contributed by atoms with van der Waals surface area (Å²) < 4.78 is 12.8. The summed E-state index contributed by atoms with van der Waals surface area (Å²) in [4.78, 5) is 16.2. The monoisotopic (exact) mass is 421 g/mol. The fourth-order valence-electron chi connectivity index (χ4n) is 2.90. The molecule has 2 aromatic carbocycles. The Labute approximate surface area is 181 Å². The molecular formula is C23H27N5O3. The van der Waals surface area contributed by atoms with E-state index < -0.39 is 0 Å². The topological polar surface area (TPSA) is 104 Å². The minimum absolute atomic E-state index is 0.0901. The van der Waals surface area contributed by atoms with Crippen molar-refractivity contribution >= 4 is 18.1 Å². The van der Waals surface area contributed by atoms with Crippen molar-refractivity contribution in [1.29, 1.82) is 0 Å². The summed E-state index contributed by atoms with van der Waals surface area (Å²) in [6.07, 6.45) is 4.16. The van der Waals surface area contributed by atoms with E-state index in [-0.39, 0.29) is 12.5 Å². The molecule has 8 heteroatoms. The third kappa shape index (κ3) is 6.60. The zero-order chi connectivity index (χ0) is 22.1. The van der Waals surface area contributed by atoms with Gasteiger partial charge in [-0.2, -0.15) is 5.10 Å². The highest BCUT2D eigenvalue weighted by molar-refractivity contribution is 5.81. The number of ether oxygens (including phenoxy) is 2. The van der Waals surface area contributed by atoms with Crippen molar-refractivity contribution in [2.45, 2.75) is 20.3 Å². The second-order valence-electron chi connectivity index (χ2n) is 6.84. The number of rotatable bonds is 10. The highest BCUT2D eigenvalue weighted by Crippen LogP contribution is 2.28. The molecule has 1 amide bonds. The highest BCUT2D eigenvalue weighted by Gasteiger charge is 2.09. The van der Waals surface area contributed by atoms with Crippen molar-refractivity contribution in [2.24, 2.45) is 5.10 Å². The van der Waals surface area contributed by atoms with Crippen LogP contribution in [-0.4, -0.2) is 41.5 Å². The first-order chi connectivity index (χ1) is 15.0. The van der Waals surface area contributed by atoms with Gasteiger partial charge in [0.2, 0.25) is 5.95 Å². The van der Waals surface area contributed by atoms with Gasteiger partial charge in [0, 0.05) is 6.54 Å². The summed E-state index contributed by atoms with van der Waals surface area (Å²) in [5.41, 5.74) is 8.56. The maximum Gasteiger partial charge on any atom is 0.257 e. The number of anilines is 1. The second kappa shape index (κ2) is 10.8. The predicted molar refractivity (Wildman–Crippen MR) is 121 cm³/mol. The lowest BCUT2D eigenvalue weighted by Gasteiger charge is -2.12. The molecule has 31 heavy (non-hydrogen) atoms. The van der Waals surface area contributed by atoms with Gasteiger partial charge in [0.25, 0.3) is 5.91 Å². The molecule has 162 valence electrons. The van der Waals surface area contributed by atoms with Crippen LogP contribution in [0.3, 0.4) is 0 Å². The maximum atomic E-state index is 12.1. The lowest BCUT2D eigenvalue weighted by molar-refractivity contribution is -0.123. The summed E-state index contributed by atoms with van der Waals surface area (Å²) in [5.74, 6) is 1.17. The predicted octanol–water partition coefficient (Wildman–Crippen LogP) is 2.79. The molecule has 1 heterocycles. The minimum atomic E-state index is -0.185. The average molecular weight is 422 g/mol. The number of hydrogen-bond acceptors (Lipinski definition) is 6. The Hall–Kier alpha value is -3.81. The number of aromatic nitrogens is 2. The van der Waals surface area contributed by atoms with Gasteiger partial charge in [-0.15, -0.1) is 0 Å². The molecule has 0 bridgehead atoms. The molecule has 0 saturated heterocycles. The molecule has 1 aromatic heterocycles. The van der Waals surface area contributed by atoms with Gasteiger partial charge >= 0.3 is 0 Å². The third-order valence-electron chi connectivity index (χ3n) is 4.37. The Kier molecular flexibility index (Phi) is 7.64. The Morgan fingerprint density at radius 3 is 2.71 bits per heavy atom. The molecule has 3 aromatic rings. The summed E-state index contributed by atoms with van der Waals surface area (Å²) in [6, 6.07) is 15.4. The van der Waals surface area contributed by atoms with Crippen LogP contribution in [0.2, 0.25) is 0 Å². The number of aryl methyl sites for hydroxylation is 1. The van der Waals surface area contributed by atoms with Gasteiger partial charge in [-0.05, 0) is 49.6 Å². The first kappa shape index (κ1) is 21.9. The van der Waals surface area contributed by atoms with E-state index in [4.69, 9.17) is 15.2 Å². The van der Waals surface area contributed by atoms with Gasteiger partial charge in [-0.1, -0.05) is 30.3 Å². The van der Waals surface area contributed by atoms with Gasteiger partial charge in [-0.3, -0.25) is 4.79 Å². The van der Waals surface area contributed by atoms with E-state index in [0.717, 1.165) is 17.7 Å². The molecule has 0 aliphatic heterocycles. The van der Waals surface area contributed by atoms with Gasteiger partial charge in [0.15, 0.2) is 18.1 Å². The lowest BCUT2D eigenvalue weighted by atomic mass is 10.1. The molecule has 0 unspecified atom stereocenters. The molecule has 0 atom stereocenters. The Morgan fingerprint density at radius 1 is 1.19 bits per heavy atom. The number of carbonyl (C=O) groups is 1. The van der Waals surface area contributed by atoms with Crippen molar-refractivity contribution in [2.75, 3.05) is 25.5 Å². The molecule has 0 spiro atoms. The number of benzene rings is 2. The average Bonchev–Trinajstić information content (AvgIpc) is 3.09. The molecule has 0 aliphatic carbocycles. The van der Waals surface area contributed by atoms with Crippen molar-refractivity contribution in [3.05, 3.63) is 71.5 Å². The van der Waals surface area contributed by atoms with Crippen LogP contribution in [0.4, 0.5) is 5.95 Å². The summed E-state index contributed by atoms with van der Waals surface area (Å²) >= 11 is 0. The highest BCUT2D eigenvalue weighted by atomic mass is 16.5. The normalized spacial score (nSPS) is 10.9. The van der Waals surface area contributed by atoms with Crippen LogP contribution in [0.5, 0.6) is 11.5 Å². The number of nitrogens with zero attached hydrogens (tertiary/aromatic N) is 3. The van der Waals surface area contributed by atoms with Gasteiger partial charge in [0.05, 0.1) is 24.7 Å². The minimum Gasteiger partial charge on any atom is -0.490 e. The first-order valence-electron chi connectivity index (χ1n) is 10.1. The van der Waals surface area contributed by atoms with Crippen LogP contribution < -0.4 is 20.5 Å². The van der Waals surface area contributed by atoms with Crippen molar-refractivity contribution < 1.29 is 14.3 Å². The molecule has 3 rings (SSSR count). The molecule has 0 radical (unpaired) electrons. The molecule has 0 saturated carbocycles. The van der Waals surface area contributed by atoms with E-state index >= 15 is 0 Å². The van der Waals surface area contributed by atoms with Gasteiger partial charge in [0.1, 0.15) is 0 Å². The Balaban J connectivity index is 1.56. The van der Waals surface area contributed by atoms with E-state index in [2.05, 4.69) is 15.4 Å². The Morgan fingerprint density at radius 2 is 2.00 bits per heavy atom. The number of nitrogens with two attached hydrogens (primary N) is 1. The van der Waals surface area contributed by atoms with Crippen LogP contribution in [0.15, 0.2) is 59.8 Å².